The highest BCUT2D eigenvalue weighted by Crippen LogP contribution is 2.32. The third-order valence-corrected chi connectivity index (χ3v) is 6.34. The lowest BCUT2D eigenvalue weighted by molar-refractivity contribution is -0.121. The van der Waals surface area contributed by atoms with E-state index in [2.05, 4.69) is 20.6 Å². The summed E-state index contributed by atoms with van der Waals surface area (Å²) < 4.78 is 26.3. The number of hydrogen-bond donors (Lipinski definition) is 2. The summed E-state index contributed by atoms with van der Waals surface area (Å²) in [5.41, 5.74) is 1.69. The molecule has 150 valence electrons. The minimum atomic E-state index is -4.18. The lowest BCUT2D eigenvalue weighted by atomic mass is 10.2. The Morgan fingerprint density at radius 1 is 1.38 bits per heavy atom. The summed E-state index contributed by atoms with van der Waals surface area (Å²) in [6.45, 7) is 4.22. The molecule has 11 heteroatoms. The normalized spacial score (nSPS) is 15.7. The Kier molecular flexibility index (Phi) is 5.21. The first-order valence-electron chi connectivity index (χ1n) is 8.61. The van der Waals surface area contributed by atoms with Crippen molar-refractivity contribution in [3.05, 3.63) is 47.0 Å². The van der Waals surface area contributed by atoms with Gasteiger partial charge in [0.2, 0.25) is 5.91 Å². The number of aryl methyl sites for hydroxylation is 2. The number of carbonyl (C=O) groups excluding carboxylic acids is 2. The maximum absolute atomic E-state index is 12.9. The van der Waals surface area contributed by atoms with Gasteiger partial charge in [0.1, 0.15) is 17.5 Å². The number of amides is 3. The van der Waals surface area contributed by atoms with E-state index in [1.54, 1.807) is 32.9 Å². The van der Waals surface area contributed by atoms with Gasteiger partial charge in [0, 0.05) is 0 Å². The van der Waals surface area contributed by atoms with Crippen LogP contribution in [-0.4, -0.2) is 41.2 Å². The minimum Gasteiger partial charge on any atom is -0.346 e. The molecule has 1 aromatic carbocycles. The number of nitrogens with zero attached hydrogens (tertiary/aromatic N) is 4. The van der Waals surface area contributed by atoms with Crippen LogP contribution in [0.15, 0.2) is 29.3 Å². The fourth-order valence-electron chi connectivity index (χ4n) is 3.10. The number of benzene rings is 1. The molecule has 1 aliphatic heterocycles. The Morgan fingerprint density at radius 3 is 2.76 bits per heavy atom. The molecule has 3 rings (SSSR count). The predicted molar refractivity (Wildman–Crippen MR) is 102 cm³/mol. The van der Waals surface area contributed by atoms with Gasteiger partial charge in [-0.05, 0) is 32.4 Å². The van der Waals surface area contributed by atoms with E-state index in [0.717, 1.165) is 0 Å². The van der Waals surface area contributed by atoms with E-state index >= 15 is 0 Å². The zero-order valence-corrected chi connectivity index (χ0v) is 16.7. The van der Waals surface area contributed by atoms with Crippen LogP contribution >= 0.6 is 0 Å². The van der Waals surface area contributed by atoms with E-state index in [-0.39, 0.29) is 16.3 Å². The number of sulfonamides is 1. The van der Waals surface area contributed by atoms with Crippen molar-refractivity contribution in [2.75, 3.05) is 11.9 Å². The van der Waals surface area contributed by atoms with Crippen molar-refractivity contribution in [2.24, 2.45) is 0 Å². The first-order chi connectivity index (χ1) is 13.6. The molecular formula is C18H18N6O4S. The molecule has 2 N–H and O–H groups in total. The van der Waals surface area contributed by atoms with Crippen molar-refractivity contribution in [3.63, 3.8) is 0 Å². The van der Waals surface area contributed by atoms with E-state index in [9.17, 15) is 18.0 Å². The average molecular weight is 414 g/mol. The van der Waals surface area contributed by atoms with Crippen molar-refractivity contribution < 1.29 is 18.0 Å². The second kappa shape index (κ2) is 7.48. The molecular weight excluding hydrogens is 396 g/mol. The molecule has 0 fully saturated rings. The molecule has 10 nitrogen and oxygen atoms in total. The highest BCUT2D eigenvalue weighted by atomic mass is 32.2. The maximum Gasteiger partial charge on any atom is 0.336 e. The third-order valence-electron chi connectivity index (χ3n) is 4.40. The van der Waals surface area contributed by atoms with Crippen LogP contribution in [0.5, 0.6) is 0 Å². The van der Waals surface area contributed by atoms with E-state index in [0.29, 0.717) is 21.3 Å². The van der Waals surface area contributed by atoms with Gasteiger partial charge in [0.25, 0.3) is 10.0 Å². The molecule has 0 aliphatic carbocycles. The first kappa shape index (κ1) is 20.2. The van der Waals surface area contributed by atoms with Gasteiger partial charge >= 0.3 is 6.03 Å². The minimum absolute atomic E-state index is 0.0331. The van der Waals surface area contributed by atoms with Gasteiger partial charge in [0.05, 0.1) is 29.3 Å². The van der Waals surface area contributed by atoms with E-state index in [4.69, 9.17) is 5.26 Å². The zero-order valence-electron chi connectivity index (χ0n) is 15.9. The number of fused-ring (bicyclic) bond motifs is 1. The topological polar surface area (TPSA) is 145 Å². The van der Waals surface area contributed by atoms with Crippen LogP contribution in [0.25, 0.3) is 0 Å². The second-order valence-corrected chi connectivity index (χ2v) is 8.32. The quantitative estimate of drug-likeness (QED) is 0.768. The Balaban J connectivity index is 1.79. The highest BCUT2D eigenvalue weighted by molar-refractivity contribution is 7.90. The molecule has 1 atom stereocenters. The van der Waals surface area contributed by atoms with Crippen LogP contribution in [0.4, 0.5) is 10.5 Å². The van der Waals surface area contributed by atoms with Gasteiger partial charge in [-0.1, -0.05) is 12.1 Å². The molecule has 0 saturated heterocycles. The van der Waals surface area contributed by atoms with E-state index in [1.165, 1.54) is 12.3 Å². The number of carbonyl (C=O) groups is 2. The van der Waals surface area contributed by atoms with Gasteiger partial charge in [-0.25, -0.2) is 22.5 Å². The van der Waals surface area contributed by atoms with Crippen molar-refractivity contribution in [2.45, 2.75) is 31.7 Å². The van der Waals surface area contributed by atoms with Gasteiger partial charge in [0.15, 0.2) is 5.69 Å². The predicted octanol–water partition coefficient (Wildman–Crippen LogP) is 1.38. The smallest absolute Gasteiger partial charge is 0.336 e. The zero-order chi connectivity index (χ0) is 21.3. The standard InChI is InChI=1S/C18H18N6O4S/c1-10-5-4-6-14-17(10)29(27,28)24(18(26)23-14)9-15(25)22-12(3)16-11(2)21-13(7-19)8-20-16/h4-6,8,12H,9H2,1-3H3,(H,22,25)(H,23,26)/t12-/m1/s1. The lowest BCUT2D eigenvalue weighted by Gasteiger charge is -2.29. The van der Waals surface area contributed by atoms with Crippen LogP contribution in [0.2, 0.25) is 0 Å². The lowest BCUT2D eigenvalue weighted by Crippen LogP contribution is -2.49. The number of nitrogens with one attached hydrogen (secondary N) is 2. The molecule has 0 spiro atoms. The van der Waals surface area contributed by atoms with Crippen molar-refractivity contribution in [3.8, 4) is 6.07 Å². The summed E-state index contributed by atoms with van der Waals surface area (Å²) in [6, 6.07) is 5.11. The van der Waals surface area contributed by atoms with E-state index in [1.807, 2.05) is 6.07 Å². The SMILES string of the molecule is Cc1cccc2c1S(=O)(=O)N(CC(=O)N[C@H](C)c1ncc(C#N)nc1C)C(=O)N2. The summed E-state index contributed by atoms with van der Waals surface area (Å²) in [4.78, 5) is 32.9. The number of nitriles is 1. The molecule has 3 amide bonds. The van der Waals surface area contributed by atoms with Crippen LogP contribution in [0, 0.1) is 25.2 Å². The Hall–Kier alpha value is -3.52. The Morgan fingerprint density at radius 2 is 2.10 bits per heavy atom. The van der Waals surface area contributed by atoms with Crippen molar-refractivity contribution in [1.82, 2.24) is 19.6 Å². The van der Waals surface area contributed by atoms with Gasteiger partial charge < -0.3 is 10.6 Å². The fraction of sp³-hybridized carbons (Fsp3) is 0.278. The van der Waals surface area contributed by atoms with Gasteiger partial charge in [-0.2, -0.15) is 5.26 Å². The highest BCUT2D eigenvalue weighted by Gasteiger charge is 2.39. The third kappa shape index (κ3) is 3.74. The van der Waals surface area contributed by atoms with Gasteiger partial charge in [-0.15, -0.1) is 0 Å². The molecule has 2 heterocycles. The molecule has 0 unspecified atom stereocenters. The molecule has 0 bridgehead atoms. The van der Waals surface area contributed by atoms with Crippen molar-refractivity contribution >= 4 is 27.6 Å². The largest absolute Gasteiger partial charge is 0.346 e. The average Bonchev–Trinajstić information content (AvgIpc) is 2.64. The first-order valence-corrected chi connectivity index (χ1v) is 10.1. The van der Waals surface area contributed by atoms with Crippen LogP contribution in [0.1, 0.15) is 35.6 Å². The summed E-state index contributed by atoms with van der Waals surface area (Å²) in [5, 5.41) is 14.0. The monoisotopic (exact) mass is 414 g/mol. The Labute approximate surface area is 167 Å². The molecule has 1 aromatic heterocycles. The van der Waals surface area contributed by atoms with Crippen LogP contribution in [-0.2, 0) is 14.8 Å². The summed E-state index contributed by atoms with van der Waals surface area (Å²) in [5.74, 6) is -0.682. The number of hydrogen-bond acceptors (Lipinski definition) is 7. The molecule has 29 heavy (non-hydrogen) atoms. The van der Waals surface area contributed by atoms with Crippen LogP contribution < -0.4 is 10.6 Å². The number of aromatic nitrogens is 2. The van der Waals surface area contributed by atoms with E-state index < -0.39 is 34.5 Å². The summed E-state index contributed by atoms with van der Waals surface area (Å²) in [7, 11) is -4.18. The Bertz CT molecular complexity index is 1160. The summed E-state index contributed by atoms with van der Waals surface area (Å²) >= 11 is 0. The second-order valence-electron chi connectivity index (χ2n) is 6.52. The molecule has 2 aromatic rings. The molecule has 0 saturated carbocycles. The fourth-order valence-corrected chi connectivity index (χ4v) is 4.75. The molecule has 1 aliphatic rings. The number of urea groups is 1. The molecule has 0 radical (unpaired) electrons. The number of anilines is 1. The maximum atomic E-state index is 12.9. The summed E-state index contributed by atoms with van der Waals surface area (Å²) in [6.07, 6.45) is 1.28. The van der Waals surface area contributed by atoms with Crippen LogP contribution in [0.3, 0.4) is 0 Å². The van der Waals surface area contributed by atoms with Crippen molar-refractivity contribution in [1.29, 1.82) is 5.26 Å². The van der Waals surface area contributed by atoms with Gasteiger partial charge in [-0.3, -0.25) is 9.78 Å². The number of rotatable bonds is 4.